The molecular weight excluding hydrogens is 367 g/mol. The zero-order valence-corrected chi connectivity index (χ0v) is 12.6. The van der Waals surface area contributed by atoms with Crippen LogP contribution in [-0.2, 0) is 0 Å². The summed E-state index contributed by atoms with van der Waals surface area (Å²) < 4.78 is 6.48. The molecule has 2 aromatic carbocycles. The first-order chi connectivity index (χ1) is 9.68. The minimum absolute atomic E-state index is 0.142. The number of hydrogen-bond donors (Lipinski definition) is 1. The van der Waals surface area contributed by atoms with Gasteiger partial charge in [0.2, 0.25) is 0 Å². The molecule has 0 bridgehead atoms. The molecule has 0 atom stereocenters. The quantitative estimate of drug-likeness (QED) is 0.658. The Bertz CT molecular complexity index is 683. The second kappa shape index (κ2) is 6.96. The van der Waals surface area contributed by atoms with Gasteiger partial charge in [-0.3, -0.25) is 0 Å². The van der Waals surface area contributed by atoms with Crippen LogP contribution in [-0.4, -0.2) is 17.7 Å². The molecule has 0 fully saturated rings. The average Bonchev–Trinajstić information content (AvgIpc) is 2.45. The van der Waals surface area contributed by atoms with Gasteiger partial charge in [0.25, 0.3) is 0 Å². The van der Waals surface area contributed by atoms with Gasteiger partial charge in [0.1, 0.15) is 17.9 Å². The van der Waals surface area contributed by atoms with Gasteiger partial charge in [0.15, 0.2) is 0 Å². The third kappa shape index (κ3) is 3.75. The number of carboxylic acid groups (broad SMARTS) is 1. The van der Waals surface area contributed by atoms with Crippen molar-refractivity contribution in [1.29, 1.82) is 0 Å². The van der Waals surface area contributed by atoms with Crippen molar-refractivity contribution < 1.29 is 14.6 Å². The van der Waals surface area contributed by atoms with Crippen molar-refractivity contribution in [1.82, 2.24) is 0 Å². The van der Waals surface area contributed by atoms with Crippen molar-refractivity contribution >= 4 is 28.6 Å². The molecule has 0 aliphatic rings. The summed E-state index contributed by atoms with van der Waals surface area (Å²) >= 11 is 2.22. The van der Waals surface area contributed by atoms with Crippen LogP contribution in [0.4, 0.5) is 0 Å². The highest BCUT2D eigenvalue weighted by molar-refractivity contribution is 14.1. The molecule has 0 unspecified atom stereocenters. The van der Waals surface area contributed by atoms with Gasteiger partial charge in [-0.2, -0.15) is 0 Å². The monoisotopic (exact) mass is 378 g/mol. The number of carbonyl (C=O) groups is 1. The van der Waals surface area contributed by atoms with E-state index in [2.05, 4.69) is 34.4 Å². The number of ether oxygens (including phenoxy) is 1. The van der Waals surface area contributed by atoms with Crippen LogP contribution in [0.25, 0.3) is 0 Å². The lowest BCUT2D eigenvalue weighted by Gasteiger charge is -2.05. The Morgan fingerprint density at radius 3 is 2.60 bits per heavy atom. The van der Waals surface area contributed by atoms with Gasteiger partial charge in [-0.05, 0) is 46.9 Å². The van der Waals surface area contributed by atoms with E-state index in [0.717, 1.165) is 9.13 Å². The lowest BCUT2D eigenvalue weighted by atomic mass is 10.2. The van der Waals surface area contributed by atoms with E-state index in [9.17, 15) is 4.79 Å². The van der Waals surface area contributed by atoms with Crippen LogP contribution < -0.4 is 4.74 Å². The van der Waals surface area contributed by atoms with Crippen molar-refractivity contribution in [3.05, 3.63) is 63.2 Å². The topological polar surface area (TPSA) is 46.5 Å². The molecule has 20 heavy (non-hydrogen) atoms. The molecule has 0 radical (unpaired) electrons. The number of aromatic carboxylic acids is 1. The fourth-order valence-electron chi connectivity index (χ4n) is 1.58. The summed E-state index contributed by atoms with van der Waals surface area (Å²) in [5.41, 5.74) is 1.08. The second-order valence-corrected chi connectivity index (χ2v) is 5.03. The van der Waals surface area contributed by atoms with Crippen LogP contribution >= 0.6 is 22.6 Å². The zero-order valence-electron chi connectivity index (χ0n) is 10.5. The zero-order chi connectivity index (χ0) is 14.4. The van der Waals surface area contributed by atoms with E-state index in [1.807, 2.05) is 24.3 Å². The van der Waals surface area contributed by atoms with Crippen LogP contribution in [0.3, 0.4) is 0 Å². The smallest absolute Gasteiger partial charge is 0.339 e. The molecule has 0 aliphatic carbocycles. The molecule has 2 rings (SSSR count). The second-order valence-electron chi connectivity index (χ2n) is 3.87. The lowest BCUT2D eigenvalue weighted by molar-refractivity contribution is 0.0693. The summed E-state index contributed by atoms with van der Waals surface area (Å²) in [7, 11) is 0. The largest absolute Gasteiger partial charge is 0.480 e. The predicted molar refractivity (Wildman–Crippen MR) is 84.9 cm³/mol. The summed E-state index contributed by atoms with van der Waals surface area (Å²) in [6.45, 7) is 0.148. The van der Waals surface area contributed by atoms with Crippen molar-refractivity contribution in [2.75, 3.05) is 6.61 Å². The van der Waals surface area contributed by atoms with Gasteiger partial charge in [-0.25, -0.2) is 4.79 Å². The highest BCUT2D eigenvalue weighted by atomic mass is 127. The fraction of sp³-hybridized carbons (Fsp3) is 0.0625. The first-order valence-electron chi connectivity index (χ1n) is 5.87. The molecule has 0 aromatic heterocycles. The Hall–Kier alpha value is -2.00. The van der Waals surface area contributed by atoms with Crippen LogP contribution in [0.1, 0.15) is 15.9 Å². The third-order valence-corrected chi connectivity index (χ3v) is 3.45. The Kier molecular flexibility index (Phi) is 5.02. The lowest BCUT2D eigenvalue weighted by Crippen LogP contribution is -2.03. The van der Waals surface area contributed by atoms with Crippen molar-refractivity contribution in [3.8, 4) is 17.6 Å². The normalized spacial score (nSPS) is 9.45. The summed E-state index contributed by atoms with van der Waals surface area (Å²) in [5.74, 6) is 5.21. The van der Waals surface area contributed by atoms with E-state index in [0.29, 0.717) is 5.75 Å². The molecule has 0 saturated heterocycles. The Morgan fingerprint density at radius 2 is 1.85 bits per heavy atom. The van der Waals surface area contributed by atoms with Gasteiger partial charge in [-0.1, -0.05) is 36.1 Å². The van der Waals surface area contributed by atoms with E-state index in [1.165, 1.54) is 6.07 Å². The summed E-state index contributed by atoms with van der Waals surface area (Å²) in [4.78, 5) is 11.0. The van der Waals surface area contributed by atoms with Crippen molar-refractivity contribution in [3.63, 3.8) is 0 Å². The minimum atomic E-state index is -1.01. The van der Waals surface area contributed by atoms with Crippen LogP contribution in [0, 0.1) is 15.4 Å². The fourth-order valence-corrected chi connectivity index (χ4v) is 2.10. The molecule has 0 amide bonds. The number of halogens is 1. The van der Waals surface area contributed by atoms with Crippen LogP contribution in [0.5, 0.6) is 5.75 Å². The standard InChI is InChI=1S/C16H11IO3/c17-14-9-3-1-6-12(14)7-5-11-20-15-10-4-2-8-13(15)16(18)19/h1-4,6,8-10H,11H2,(H,18,19). The highest BCUT2D eigenvalue weighted by Crippen LogP contribution is 2.17. The van der Waals surface area contributed by atoms with Gasteiger partial charge < -0.3 is 9.84 Å². The molecule has 1 N–H and O–H groups in total. The van der Waals surface area contributed by atoms with Gasteiger partial charge in [0.05, 0.1) is 0 Å². The predicted octanol–water partition coefficient (Wildman–Crippen LogP) is 3.42. The van der Waals surface area contributed by atoms with E-state index in [4.69, 9.17) is 9.84 Å². The molecule has 3 nitrogen and oxygen atoms in total. The molecule has 0 spiro atoms. The number of benzene rings is 2. The van der Waals surface area contributed by atoms with Gasteiger partial charge in [0, 0.05) is 9.13 Å². The molecule has 0 saturated carbocycles. The number of hydrogen-bond acceptors (Lipinski definition) is 2. The SMILES string of the molecule is O=C(O)c1ccccc1OCC#Cc1ccccc1I. The van der Waals surface area contributed by atoms with Crippen LogP contribution in [0.15, 0.2) is 48.5 Å². The van der Waals surface area contributed by atoms with Crippen molar-refractivity contribution in [2.24, 2.45) is 0 Å². The maximum atomic E-state index is 11.0. The van der Waals surface area contributed by atoms with Crippen LogP contribution in [0.2, 0.25) is 0 Å². The Morgan fingerprint density at radius 1 is 1.15 bits per heavy atom. The summed E-state index contributed by atoms with van der Waals surface area (Å²) in [6, 6.07) is 14.3. The summed E-state index contributed by atoms with van der Waals surface area (Å²) in [6.07, 6.45) is 0. The molecule has 0 aliphatic heterocycles. The molecule has 2 aromatic rings. The van der Waals surface area contributed by atoms with Crippen molar-refractivity contribution in [2.45, 2.75) is 0 Å². The maximum absolute atomic E-state index is 11.0. The summed E-state index contributed by atoms with van der Waals surface area (Å²) in [5, 5.41) is 9.02. The van der Waals surface area contributed by atoms with E-state index in [-0.39, 0.29) is 12.2 Å². The Balaban J connectivity index is 2.05. The molecule has 4 heteroatoms. The van der Waals surface area contributed by atoms with E-state index >= 15 is 0 Å². The van der Waals surface area contributed by atoms with Gasteiger partial charge in [-0.15, -0.1) is 0 Å². The first kappa shape index (κ1) is 14.4. The third-order valence-electron chi connectivity index (χ3n) is 2.51. The minimum Gasteiger partial charge on any atom is -0.480 e. The van der Waals surface area contributed by atoms with E-state index < -0.39 is 5.97 Å². The van der Waals surface area contributed by atoms with E-state index in [1.54, 1.807) is 18.2 Å². The average molecular weight is 378 g/mol. The molecule has 0 heterocycles. The Labute approximate surface area is 130 Å². The first-order valence-corrected chi connectivity index (χ1v) is 6.95. The number of carboxylic acids is 1. The molecular formula is C16H11IO3. The van der Waals surface area contributed by atoms with Gasteiger partial charge >= 0.3 is 5.97 Å². The molecule has 100 valence electrons. The number of rotatable bonds is 3. The highest BCUT2D eigenvalue weighted by Gasteiger charge is 2.08. The number of para-hydroxylation sites is 1. The maximum Gasteiger partial charge on any atom is 0.339 e.